The maximum atomic E-state index is 11.8. The fourth-order valence-electron chi connectivity index (χ4n) is 2.19. The maximum Gasteiger partial charge on any atom is 0.306 e. The maximum absolute atomic E-state index is 11.8. The molecule has 0 radical (unpaired) electrons. The number of hydrogen-bond acceptors (Lipinski definition) is 4. The van der Waals surface area contributed by atoms with Crippen LogP contribution < -0.4 is 0 Å². The number of carbonyl (C=O) groups is 2. The van der Waals surface area contributed by atoms with Gasteiger partial charge in [0, 0.05) is 0 Å². The Bertz CT molecular complexity index is 357. The predicted molar refractivity (Wildman–Crippen MR) is 97.8 cm³/mol. The minimum atomic E-state index is -0.335. The highest BCUT2D eigenvalue weighted by molar-refractivity contribution is 5.77. The number of unbranched alkanes of at least 4 members (excludes halogenated alkanes) is 5. The summed E-state index contributed by atoms with van der Waals surface area (Å²) in [5, 5.41) is 0. The molecule has 0 heterocycles. The van der Waals surface area contributed by atoms with Crippen LogP contribution in [0.1, 0.15) is 99.3 Å². The SMILES string of the molecule is CCCCCCCCC(C)OC(=O)CCC(=O)OC(C)C(C)(C)C. The Kier molecular flexibility index (Phi) is 11.8. The average molecular weight is 343 g/mol. The van der Waals surface area contributed by atoms with Crippen LogP contribution in [0.4, 0.5) is 0 Å². The quantitative estimate of drug-likeness (QED) is 0.351. The highest BCUT2D eigenvalue weighted by Crippen LogP contribution is 2.22. The monoisotopic (exact) mass is 342 g/mol. The Morgan fingerprint density at radius 3 is 1.88 bits per heavy atom. The van der Waals surface area contributed by atoms with Gasteiger partial charge in [-0.2, -0.15) is 0 Å². The molecule has 0 fully saturated rings. The van der Waals surface area contributed by atoms with E-state index in [1.165, 1.54) is 32.1 Å². The number of rotatable bonds is 12. The van der Waals surface area contributed by atoms with E-state index in [9.17, 15) is 9.59 Å². The van der Waals surface area contributed by atoms with Crippen molar-refractivity contribution >= 4 is 11.9 Å². The van der Waals surface area contributed by atoms with Gasteiger partial charge in [-0.15, -0.1) is 0 Å². The molecular formula is C20H38O4. The Hall–Kier alpha value is -1.06. The van der Waals surface area contributed by atoms with Crippen molar-refractivity contribution in [1.82, 2.24) is 0 Å². The van der Waals surface area contributed by atoms with E-state index in [0.29, 0.717) is 0 Å². The van der Waals surface area contributed by atoms with Gasteiger partial charge in [0.15, 0.2) is 0 Å². The van der Waals surface area contributed by atoms with Crippen molar-refractivity contribution in [2.24, 2.45) is 5.41 Å². The van der Waals surface area contributed by atoms with Crippen LogP contribution in [0.2, 0.25) is 0 Å². The van der Waals surface area contributed by atoms with Gasteiger partial charge in [0.05, 0.1) is 18.9 Å². The summed E-state index contributed by atoms with van der Waals surface area (Å²) in [6.45, 7) is 12.1. The van der Waals surface area contributed by atoms with E-state index < -0.39 is 0 Å². The lowest BCUT2D eigenvalue weighted by Crippen LogP contribution is -2.29. The van der Waals surface area contributed by atoms with Crippen molar-refractivity contribution in [3.05, 3.63) is 0 Å². The zero-order chi connectivity index (χ0) is 18.6. The first-order valence-corrected chi connectivity index (χ1v) is 9.55. The van der Waals surface area contributed by atoms with E-state index in [2.05, 4.69) is 6.92 Å². The van der Waals surface area contributed by atoms with E-state index >= 15 is 0 Å². The predicted octanol–water partition coefficient (Wildman–Crippen LogP) is 5.43. The molecule has 0 saturated carbocycles. The zero-order valence-corrected chi connectivity index (χ0v) is 16.7. The molecule has 0 aliphatic heterocycles. The van der Waals surface area contributed by atoms with Gasteiger partial charge < -0.3 is 9.47 Å². The highest BCUT2D eigenvalue weighted by Gasteiger charge is 2.24. The Morgan fingerprint density at radius 1 is 0.833 bits per heavy atom. The van der Waals surface area contributed by atoms with E-state index in [1.807, 2.05) is 34.6 Å². The van der Waals surface area contributed by atoms with Crippen molar-refractivity contribution in [2.75, 3.05) is 0 Å². The number of ether oxygens (including phenoxy) is 2. The molecule has 2 atom stereocenters. The molecule has 142 valence electrons. The Labute approximate surface area is 148 Å². The molecule has 2 unspecified atom stereocenters. The van der Waals surface area contributed by atoms with Gasteiger partial charge in [-0.25, -0.2) is 0 Å². The zero-order valence-electron chi connectivity index (χ0n) is 16.7. The van der Waals surface area contributed by atoms with Crippen LogP contribution in [0, 0.1) is 5.41 Å². The smallest absolute Gasteiger partial charge is 0.306 e. The molecule has 0 aromatic carbocycles. The molecule has 0 N–H and O–H groups in total. The summed E-state index contributed by atoms with van der Waals surface area (Å²) in [6.07, 6.45) is 8.21. The summed E-state index contributed by atoms with van der Waals surface area (Å²) in [5.41, 5.74) is -0.0954. The molecule has 4 nitrogen and oxygen atoms in total. The van der Waals surface area contributed by atoms with E-state index in [-0.39, 0.29) is 42.4 Å². The van der Waals surface area contributed by atoms with Gasteiger partial charge in [-0.05, 0) is 32.1 Å². The van der Waals surface area contributed by atoms with Crippen molar-refractivity contribution in [2.45, 2.75) is 112 Å². The molecule has 0 amide bonds. The van der Waals surface area contributed by atoms with Crippen LogP contribution in [0.15, 0.2) is 0 Å². The van der Waals surface area contributed by atoms with Crippen LogP contribution in [0.25, 0.3) is 0 Å². The average Bonchev–Trinajstić information content (AvgIpc) is 2.47. The summed E-state index contributed by atoms with van der Waals surface area (Å²) in [6, 6.07) is 0. The third-order valence-corrected chi connectivity index (χ3v) is 4.36. The molecule has 0 spiro atoms. The van der Waals surface area contributed by atoms with Gasteiger partial charge in [0.2, 0.25) is 0 Å². The van der Waals surface area contributed by atoms with Crippen molar-refractivity contribution in [3.63, 3.8) is 0 Å². The van der Waals surface area contributed by atoms with Crippen LogP contribution >= 0.6 is 0 Å². The molecule has 0 saturated heterocycles. The van der Waals surface area contributed by atoms with Gasteiger partial charge in [0.25, 0.3) is 0 Å². The van der Waals surface area contributed by atoms with Crippen molar-refractivity contribution in [1.29, 1.82) is 0 Å². The molecule has 24 heavy (non-hydrogen) atoms. The number of esters is 2. The Morgan fingerprint density at radius 2 is 1.33 bits per heavy atom. The normalized spacial score (nSPS) is 14.1. The third-order valence-electron chi connectivity index (χ3n) is 4.36. The number of hydrogen-bond donors (Lipinski definition) is 0. The molecule has 0 bridgehead atoms. The van der Waals surface area contributed by atoms with Crippen molar-refractivity contribution in [3.8, 4) is 0 Å². The summed E-state index contributed by atoms with van der Waals surface area (Å²) in [4.78, 5) is 23.5. The van der Waals surface area contributed by atoms with Crippen LogP contribution in [0.5, 0.6) is 0 Å². The first-order chi connectivity index (χ1) is 11.2. The second kappa shape index (κ2) is 12.3. The fraction of sp³-hybridized carbons (Fsp3) is 0.900. The molecule has 0 aromatic rings. The second-order valence-corrected chi connectivity index (χ2v) is 7.86. The summed E-state index contributed by atoms with van der Waals surface area (Å²) < 4.78 is 10.7. The molecule has 0 aromatic heterocycles. The highest BCUT2D eigenvalue weighted by atomic mass is 16.5. The lowest BCUT2D eigenvalue weighted by atomic mass is 9.90. The van der Waals surface area contributed by atoms with Gasteiger partial charge in [-0.1, -0.05) is 59.8 Å². The summed E-state index contributed by atoms with van der Waals surface area (Å²) in [7, 11) is 0. The third kappa shape index (κ3) is 12.4. The molecule has 0 rings (SSSR count). The molecular weight excluding hydrogens is 304 g/mol. The van der Waals surface area contributed by atoms with Crippen LogP contribution in [-0.4, -0.2) is 24.1 Å². The van der Waals surface area contributed by atoms with Crippen molar-refractivity contribution < 1.29 is 19.1 Å². The lowest BCUT2D eigenvalue weighted by Gasteiger charge is -2.26. The van der Waals surface area contributed by atoms with E-state index in [1.54, 1.807) is 0 Å². The number of carbonyl (C=O) groups excluding carboxylic acids is 2. The standard InChI is InChI=1S/C20H38O4/c1-7-8-9-10-11-12-13-16(2)23-18(21)14-15-19(22)24-17(3)20(4,5)6/h16-17H,7-15H2,1-6H3. The first kappa shape index (κ1) is 22.9. The van der Waals surface area contributed by atoms with Crippen LogP contribution in [0.3, 0.4) is 0 Å². The molecule has 0 aliphatic rings. The largest absolute Gasteiger partial charge is 0.463 e. The van der Waals surface area contributed by atoms with Gasteiger partial charge in [-0.3, -0.25) is 9.59 Å². The van der Waals surface area contributed by atoms with E-state index in [0.717, 1.165) is 12.8 Å². The summed E-state index contributed by atoms with van der Waals surface area (Å²) in [5.74, 6) is -0.646. The topological polar surface area (TPSA) is 52.6 Å². The Balaban J connectivity index is 3.79. The first-order valence-electron chi connectivity index (χ1n) is 9.55. The summed E-state index contributed by atoms with van der Waals surface area (Å²) >= 11 is 0. The van der Waals surface area contributed by atoms with Gasteiger partial charge >= 0.3 is 11.9 Å². The fourth-order valence-corrected chi connectivity index (χ4v) is 2.19. The van der Waals surface area contributed by atoms with E-state index in [4.69, 9.17) is 9.47 Å². The molecule has 0 aliphatic carbocycles. The minimum absolute atomic E-state index is 0.0757. The van der Waals surface area contributed by atoms with Crippen LogP contribution in [-0.2, 0) is 19.1 Å². The molecule has 4 heteroatoms. The minimum Gasteiger partial charge on any atom is -0.463 e. The lowest BCUT2D eigenvalue weighted by molar-refractivity contribution is -0.158. The second-order valence-electron chi connectivity index (χ2n) is 7.86. The van der Waals surface area contributed by atoms with Gasteiger partial charge in [0.1, 0.15) is 6.10 Å².